The zero-order valence-corrected chi connectivity index (χ0v) is 12.5. The number of hydrogen-bond donors (Lipinski definition) is 2. The number of benzene rings is 1. The van der Waals surface area contributed by atoms with Crippen molar-refractivity contribution in [3.63, 3.8) is 0 Å². The molecule has 20 heavy (non-hydrogen) atoms. The van der Waals surface area contributed by atoms with Gasteiger partial charge in [0, 0.05) is 27.2 Å². The van der Waals surface area contributed by atoms with Gasteiger partial charge >= 0.3 is 0 Å². The molecule has 2 N–H and O–H groups in total. The highest BCUT2D eigenvalue weighted by Crippen LogP contribution is 2.19. The van der Waals surface area contributed by atoms with Crippen molar-refractivity contribution >= 4 is 5.69 Å². The largest absolute Gasteiger partial charge is 0.389 e. The minimum Gasteiger partial charge on any atom is -0.389 e. The summed E-state index contributed by atoms with van der Waals surface area (Å²) in [6.45, 7) is 4.26. The number of ether oxygens (including phenoxy) is 1. The van der Waals surface area contributed by atoms with Crippen molar-refractivity contribution in [2.24, 2.45) is 0 Å². The highest BCUT2D eigenvalue weighted by Gasteiger charge is 2.12. The van der Waals surface area contributed by atoms with Gasteiger partial charge in [-0.05, 0) is 30.7 Å². The predicted octanol–water partition coefficient (Wildman–Crippen LogP) is 1.77. The second-order valence-corrected chi connectivity index (χ2v) is 4.95. The number of hydrogen-bond acceptors (Lipinski definition) is 4. The minimum absolute atomic E-state index is 0.241. The van der Waals surface area contributed by atoms with Crippen LogP contribution in [0.2, 0.25) is 0 Å². The molecule has 0 aliphatic rings. The standard InChI is InChI=1S/C15H25FN2O2/c1-4-7-17-9-12-5-6-15(14(16)8-12)18(2)10-13(19)11-20-3/h5-6,8,13,17,19H,4,7,9-11H2,1-3H3. The van der Waals surface area contributed by atoms with E-state index in [1.807, 2.05) is 6.07 Å². The average molecular weight is 284 g/mol. The highest BCUT2D eigenvalue weighted by molar-refractivity contribution is 5.48. The second-order valence-electron chi connectivity index (χ2n) is 4.95. The fraction of sp³-hybridized carbons (Fsp3) is 0.600. The van der Waals surface area contributed by atoms with Crippen molar-refractivity contribution in [2.75, 3.05) is 38.8 Å². The van der Waals surface area contributed by atoms with Crippen LogP contribution >= 0.6 is 0 Å². The van der Waals surface area contributed by atoms with Crippen LogP contribution in [-0.2, 0) is 11.3 Å². The monoisotopic (exact) mass is 284 g/mol. The summed E-state index contributed by atoms with van der Waals surface area (Å²) in [5, 5.41) is 12.9. The number of likely N-dealkylation sites (N-methyl/N-ethyl adjacent to an activating group) is 1. The molecule has 1 aromatic rings. The van der Waals surface area contributed by atoms with E-state index in [9.17, 15) is 9.50 Å². The number of nitrogens with zero attached hydrogens (tertiary/aromatic N) is 1. The number of anilines is 1. The van der Waals surface area contributed by atoms with Gasteiger partial charge in [-0.2, -0.15) is 0 Å². The summed E-state index contributed by atoms with van der Waals surface area (Å²) in [4.78, 5) is 1.70. The number of aliphatic hydroxyl groups is 1. The lowest BCUT2D eigenvalue weighted by molar-refractivity contribution is 0.0694. The second kappa shape index (κ2) is 8.89. The van der Waals surface area contributed by atoms with E-state index in [1.165, 1.54) is 13.2 Å². The maximum Gasteiger partial charge on any atom is 0.146 e. The predicted molar refractivity (Wildman–Crippen MR) is 79.6 cm³/mol. The molecule has 5 heteroatoms. The molecule has 1 rings (SSSR count). The van der Waals surface area contributed by atoms with E-state index < -0.39 is 6.10 Å². The Morgan fingerprint density at radius 2 is 2.20 bits per heavy atom. The van der Waals surface area contributed by atoms with Gasteiger partial charge in [0.15, 0.2) is 0 Å². The number of aliphatic hydroxyl groups excluding tert-OH is 1. The van der Waals surface area contributed by atoms with Crippen LogP contribution in [0.15, 0.2) is 18.2 Å². The highest BCUT2D eigenvalue weighted by atomic mass is 19.1. The summed E-state index contributed by atoms with van der Waals surface area (Å²) in [6.07, 6.45) is 0.427. The van der Waals surface area contributed by atoms with Crippen LogP contribution in [0.4, 0.5) is 10.1 Å². The van der Waals surface area contributed by atoms with Crippen LogP contribution in [0.1, 0.15) is 18.9 Å². The molecule has 0 aliphatic carbocycles. The Labute approximate surface area is 120 Å². The quantitative estimate of drug-likeness (QED) is 0.678. The average Bonchev–Trinajstić information content (AvgIpc) is 2.39. The summed E-state index contributed by atoms with van der Waals surface area (Å²) in [7, 11) is 3.29. The van der Waals surface area contributed by atoms with Crippen molar-refractivity contribution in [3.05, 3.63) is 29.6 Å². The van der Waals surface area contributed by atoms with E-state index in [2.05, 4.69) is 12.2 Å². The summed E-state index contributed by atoms with van der Waals surface area (Å²) < 4.78 is 18.9. The SMILES string of the molecule is CCCNCc1ccc(N(C)CC(O)COC)c(F)c1. The van der Waals surface area contributed by atoms with E-state index in [1.54, 1.807) is 18.0 Å². The van der Waals surface area contributed by atoms with Crippen LogP contribution in [0.3, 0.4) is 0 Å². The van der Waals surface area contributed by atoms with Crippen molar-refractivity contribution < 1.29 is 14.2 Å². The number of rotatable bonds is 9. The molecule has 0 fully saturated rings. The van der Waals surface area contributed by atoms with Crippen molar-refractivity contribution in [3.8, 4) is 0 Å². The van der Waals surface area contributed by atoms with Crippen LogP contribution in [0.5, 0.6) is 0 Å². The van der Waals surface area contributed by atoms with Gasteiger partial charge < -0.3 is 20.1 Å². The first-order valence-electron chi connectivity index (χ1n) is 6.95. The summed E-state index contributed by atoms with van der Waals surface area (Å²) in [6, 6.07) is 5.19. The molecule has 0 bridgehead atoms. The molecule has 0 heterocycles. The Bertz CT molecular complexity index is 401. The van der Waals surface area contributed by atoms with Gasteiger partial charge in [-0.1, -0.05) is 13.0 Å². The third kappa shape index (κ3) is 5.45. The number of methoxy groups -OCH3 is 1. The third-order valence-electron chi connectivity index (χ3n) is 3.02. The molecule has 0 aliphatic heterocycles. The third-order valence-corrected chi connectivity index (χ3v) is 3.02. The topological polar surface area (TPSA) is 44.7 Å². The summed E-state index contributed by atoms with van der Waals surface area (Å²) in [5.41, 5.74) is 1.41. The van der Waals surface area contributed by atoms with Crippen LogP contribution in [0.25, 0.3) is 0 Å². The normalized spacial score (nSPS) is 12.4. The smallest absolute Gasteiger partial charge is 0.146 e. The molecule has 4 nitrogen and oxygen atoms in total. The Morgan fingerprint density at radius 1 is 1.45 bits per heavy atom. The van der Waals surface area contributed by atoms with Crippen LogP contribution in [0, 0.1) is 5.82 Å². The zero-order chi connectivity index (χ0) is 15.0. The van der Waals surface area contributed by atoms with Gasteiger partial charge in [0.05, 0.1) is 18.4 Å². The fourth-order valence-electron chi connectivity index (χ4n) is 2.04. The Kier molecular flexibility index (Phi) is 7.51. The molecule has 0 aromatic heterocycles. The Hall–Kier alpha value is -1.17. The first-order valence-corrected chi connectivity index (χ1v) is 6.95. The number of halogens is 1. The Balaban J connectivity index is 2.62. The maximum atomic E-state index is 14.1. The van der Waals surface area contributed by atoms with Gasteiger partial charge in [-0.3, -0.25) is 0 Å². The van der Waals surface area contributed by atoms with Gasteiger partial charge in [-0.25, -0.2) is 4.39 Å². The van der Waals surface area contributed by atoms with Crippen molar-refractivity contribution in [1.29, 1.82) is 0 Å². The number of nitrogens with one attached hydrogen (secondary N) is 1. The van der Waals surface area contributed by atoms with Gasteiger partial charge in [0.1, 0.15) is 5.82 Å². The summed E-state index contributed by atoms with van der Waals surface area (Å²) in [5.74, 6) is -0.270. The zero-order valence-electron chi connectivity index (χ0n) is 12.5. The van der Waals surface area contributed by atoms with Crippen molar-refractivity contribution in [2.45, 2.75) is 26.0 Å². The molecule has 1 unspecified atom stereocenters. The van der Waals surface area contributed by atoms with Crippen LogP contribution < -0.4 is 10.2 Å². The van der Waals surface area contributed by atoms with E-state index in [-0.39, 0.29) is 12.4 Å². The molecule has 0 amide bonds. The molecule has 114 valence electrons. The molecule has 0 saturated heterocycles. The molecular formula is C15H25FN2O2. The fourth-order valence-corrected chi connectivity index (χ4v) is 2.04. The molecule has 0 spiro atoms. The van der Waals surface area contributed by atoms with Crippen molar-refractivity contribution in [1.82, 2.24) is 5.32 Å². The molecular weight excluding hydrogens is 259 g/mol. The molecule has 0 radical (unpaired) electrons. The molecule has 1 atom stereocenters. The first kappa shape index (κ1) is 16.9. The van der Waals surface area contributed by atoms with Crippen LogP contribution in [-0.4, -0.2) is 45.1 Å². The summed E-state index contributed by atoms with van der Waals surface area (Å²) >= 11 is 0. The lowest BCUT2D eigenvalue weighted by Gasteiger charge is -2.23. The lowest BCUT2D eigenvalue weighted by Crippen LogP contribution is -2.32. The van der Waals surface area contributed by atoms with E-state index in [0.717, 1.165) is 18.5 Å². The minimum atomic E-state index is -0.629. The van der Waals surface area contributed by atoms with Gasteiger partial charge in [-0.15, -0.1) is 0 Å². The lowest BCUT2D eigenvalue weighted by atomic mass is 10.1. The van der Waals surface area contributed by atoms with E-state index in [0.29, 0.717) is 18.8 Å². The first-order chi connectivity index (χ1) is 9.58. The van der Waals surface area contributed by atoms with E-state index in [4.69, 9.17) is 4.74 Å². The van der Waals surface area contributed by atoms with E-state index >= 15 is 0 Å². The van der Waals surface area contributed by atoms with Gasteiger partial charge in [0.2, 0.25) is 0 Å². The maximum absolute atomic E-state index is 14.1. The molecule has 1 aromatic carbocycles. The van der Waals surface area contributed by atoms with Gasteiger partial charge in [0.25, 0.3) is 0 Å². The molecule has 0 saturated carbocycles. The Morgan fingerprint density at radius 3 is 2.80 bits per heavy atom.